The molecule has 3 heterocycles. The van der Waals surface area contributed by atoms with Crippen LogP contribution in [0, 0.1) is 12.8 Å². The summed E-state index contributed by atoms with van der Waals surface area (Å²) in [6.45, 7) is 7.67. The third-order valence-corrected chi connectivity index (χ3v) is 5.74. The van der Waals surface area contributed by atoms with Crippen molar-refractivity contribution < 1.29 is 14.7 Å². The lowest BCUT2D eigenvalue weighted by atomic mass is 9.85. The van der Waals surface area contributed by atoms with E-state index in [2.05, 4.69) is 14.3 Å². The van der Waals surface area contributed by atoms with Crippen molar-refractivity contribution in [1.29, 1.82) is 0 Å². The number of aromatic nitrogens is 2. The lowest BCUT2D eigenvalue weighted by molar-refractivity contribution is -0.134. The van der Waals surface area contributed by atoms with Gasteiger partial charge in [-0.1, -0.05) is 13.8 Å². The van der Waals surface area contributed by atoms with E-state index in [1.165, 1.54) is 16.4 Å². The highest BCUT2D eigenvalue weighted by Gasteiger charge is 2.57. The molecule has 0 atom stereocenters. The largest absolute Gasteiger partial charge is 0.395 e. The van der Waals surface area contributed by atoms with Crippen LogP contribution in [-0.2, 0) is 4.79 Å². The predicted molar refractivity (Wildman–Crippen MR) is 94.6 cm³/mol. The number of carbonyl (C=O) groups is 2. The first-order valence-electron chi connectivity index (χ1n) is 8.68. The molecule has 2 saturated heterocycles. The number of urea groups is 1. The number of hydrogen-bond donors (Lipinski definition) is 1. The highest BCUT2D eigenvalue weighted by atomic mass is 32.1. The minimum Gasteiger partial charge on any atom is -0.395 e. The van der Waals surface area contributed by atoms with E-state index in [1.54, 1.807) is 4.90 Å². The number of aliphatic hydroxyl groups excluding tert-OH is 1. The average molecular weight is 367 g/mol. The number of imide groups is 1. The molecule has 0 aliphatic carbocycles. The number of nitrogens with zero attached hydrogens (tertiary/aromatic N) is 5. The van der Waals surface area contributed by atoms with Crippen molar-refractivity contribution in [3.8, 4) is 0 Å². The quantitative estimate of drug-likeness (QED) is 0.784. The molecule has 2 aliphatic heterocycles. The summed E-state index contributed by atoms with van der Waals surface area (Å²) < 4.78 is 4.22. The topological polar surface area (TPSA) is 89.9 Å². The van der Waals surface area contributed by atoms with Crippen LogP contribution >= 0.6 is 11.5 Å². The van der Waals surface area contributed by atoms with Gasteiger partial charge < -0.3 is 14.9 Å². The molecule has 0 aromatic carbocycles. The third kappa shape index (κ3) is 3.10. The molecule has 0 bridgehead atoms. The molecular formula is C16H25N5O3S. The lowest BCUT2D eigenvalue weighted by Gasteiger charge is -2.42. The van der Waals surface area contributed by atoms with Gasteiger partial charge in [0.15, 0.2) is 0 Å². The highest BCUT2D eigenvalue weighted by molar-refractivity contribution is 7.09. The van der Waals surface area contributed by atoms with E-state index in [1.807, 2.05) is 20.8 Å². The molecule has 1 aromatic heterocycles. The lowest BCUT2D eigenvalue weighted by Crippen LogP contribution is -2.57. The van der Waals surface area contributed by atoms with Gasteiger partial charge >= 0.3 is 6.03 Å². The second-order valence-corrected chi connectivity index (χ2v) is 7.84. The Bertz CT molecular complexity index is 654. The van der Waals surface area contributed by atoms with Gasteiger partial charge in [-0.3, -0.25) is 9.69 Å². The van der Waals surface area contributed by atoms with Crippen molar-refractivity contribution in [3.05, 3.63) is 5.82 Å². The molecule has 1 N–H and O–H groups in total. The van der Waals surface area contributed by atoms with Crippen LogP contribution in [0.15, 0.2) is 0 Å². The van der Waals surface area contributed by atoms with Crippen LogP contribution in [0.25, 0.3) is 0 Å². The Kier molecular flexibility index (Phi) is 4.97. The van der Waals surface area contributed by atoms with Gasteiger partial charge in [-0.15, -0.1) is 0 Å². The van der Waals surface area contributed by atoms with E-state index in [4.69, 9.17) is 0 Å². The number of rotatable bonds is 5. The van der Waals surface area contributed by atoms with E-state index in [-0.39, 0.29) is 31.0 Å². The SMILES string of the molecule is Cc1nsc(N2CCC3(CC2)C(=O)N(CCO)C(=O)N3CC(C)C)n1. The molecule has 0 unspecified atom stereocenters. The second-order valence-electron chi connectivity index (χ2n) is 7.11. The Labute approximate surface area is 151 Å². The molecule has 1 aromatic rings. The smallest absolute Gasteiger partial charge is 0.327 e. The number of amides is 3. The molecule has 8 nitrogen and oxygen atoms in total. The molecule has 9 heteroatoms. The standard InChI is InChI=1S/C16H25N5O3S/c1-11(2)10-21-15(24)20(8-9-22)13(23)16(21)4-6-19(7-5-16)14-17-12(3)18-25-14/h11,22H,4-10H2,1-3H3. The van der Waals surface area contributed by atoms with Gasteiger partial charge in [-0.25, -0.2) is 9.78 Å². The fraction of sp³-hybridized carbons (Fsp3) is 0.750. The summed E-state index contributed by atoms with van der Waals surface area (Å²) in [5.74, 6) is 0.856. The third-order valence-electron chi connectivity index (χ3n) is 4.87. The van der Waals surface area contributed by atoms with Crippen LogP contribution < -0.4 is 4.90 Å². The molecule has 3 rings (SSSR count). The summed E-state index contributed by atoms with van der Waals surface area (Å²) in [5, 5.41) is 10.1. The zero-order valence-corrected chi connectivity index (χ0v) is 15.8. The maximum absolute atomic E-state index is 13.0. The molecular weight excluding hydrogens is 342 g/mol. The van der Waals surface area contributed by atoms with Gasteiger partial charge in [-0.05, 0) is 25.7 Å². The first-order chi connectivity index (χ1) is 11.9. The van der Waals surface area contributed by atoms with Crippen molar-refractivity contribution in [1.82, 2.24) is 19.2 Å². The second kappa shape index (κ2) is 6.87. The number of aliphatic hydroxyl groups is 1. The van der Waals surface area contributed by atoms with Gasteiger partial charge in [0, 0.05) is 31.2 Å². The van der Waals surface area contributed by atoms with Crippen molar-refractivity contribution in [3.63, 3.8) is 0 Å². The summed E-state index contributed by atoms with van der Waals surface area (Å²) in [7, 11) is 0. The van der Waals surface area contributed by atoms with E-state index < -0.39 is 5.54 Å². The Morgan fingerprint density at radius 3 is 2.48 bits per heavy atom. The summed E-state index contributed by atoms with van der Waals surface area (Å²) >= 11 is 1.36. The van der Waals surface area contributed by atoms with E-state index >= 15 is 0 Å². The normalized spacial score (nSPS) is 20.4. The monoisotopic (exact) mass is 367 g/mol. The van der Waals surface area contributed by atoms with Gasteiger partial charge in [0.1, 0.15) is 11.4 Å². The van der Waals surface area contributed by atoms with Crippen molar-refractivity contribution in [2.75, 3.05) is 37.7 Å². The Balaban J connectivity index is 1.82. The first kappa shape index (κ1) is 18.1. The average Bonchev–Trinajstić information content (AvgIpc) is 3.08. The van der Waals surface area contributed by atoms with Gasteiger partial charge in [0.25, 0.3) is 5.91 Å². The Morgan fingerprint density at radius 1 is 1.28 bits per heavy atom. The van der Waals surface area contributed by atoms with Crippen molar-refractivity contribution >= 4 is 28.6 Å². The number of anilines is 1. The molecule has 2 aliphatic rings. The van der Waals surface area contributed by atoms with Crippen molar-refractivity contribution in [2.45, 2.75) is 39.2 Å². The maximum Gasteiger partial charge on any atom is 0.327 e. The van der Waals surface area contributed by atoms with Crippen LogP contribution in [-0.4, -0.2) is 74.5 Å². The molecule has 138 valence electrons. The molecule has 3 amide bonds. The maximum atomic E-state index is 13.0. The number of hydrogen-bond acceptors (Lipinski definition) is 7. The van der Waals surface area contributed by atoms with Gasteiger partial charge in [-0.2, -0.15) is 4.37 Å². The number of carbonyl (C=O) groups excluding carboxylic acids is 2. The Morgan fingerprint density at radius 2 is 1.96 bits per heavy atom. The van der Waals surface area contributed by atoms with Gasteiger partial charge in [0.2, 0.25) is 5.13 Å². The van der Waals surface area contributed by atoms with Crippen LogP contribution in [0.5, 0.6) is 0 Å². The fourth-order valence-electron chi connectivity index (χ4n) is 3.66. The summed E-state index contributed by atoms with van der Waals surface area (Å²) in [5.41, 5.74) is -0.785. The van der Waals surface area contributed by atoms with Crippen LogP contribution in [0.2, 0.25) is 0 Å². The van der Waals surface area contributed by atoms with E-state index in [0.29, 0.717) is 32.5 Å². The zero-order valence-electron chi connectivity index (χ0n) is 14.9. The first-order valence-corrected chi connectivity index (χ1v) is 9.46. The van der Waals surface area contributed by atoms with Gasteiger partial charge in [0.05, 0.1) is 13.2 Å². The summed E-state index contributed by atoms with van der Waals surface area (Å²) in [4.78, 5) is 35.3. The highest BCUT2D eigenvalue weighted by Crippen LogP contribution is 2.39. The minimum absolute atomic E-state index is 0.0628. The van der Waals surface area contributed by atoms with E-state index in [9.17, 15) is 14.7 Å². The van der Waals surface area contributed by atoms with Crippen LogP contribution in [0.3, 0.4) is 0 Å². The summed E-state index contributed by atoms with van der Waals surface area (Å²) in [6.07, 6.45) is 1.15. The Hall–Kier alpha value is -1.74. The molecule has 0 radical (unpaired) electrons. The zero-order chi connectivity index (χ0) is 18.2. The van der Waals surface area contributed by atoms with Crippen LogP contribution in [0.4, 0.5) is 9.93 Å². The fourth-order valence-corrected chi connectivity index (χ4v) is 4.39. The van der Waals surface area contributed by atoms with Crippen LogP contribution in [0.1, 0.15) is 32.5 Å². The molecule has 0 saturated carbocycles. The number of aryl methyl sites for hydroxylation is 1. The minimum atomic E-state index is -0.785. The predicted octanol–water partition coefficient (Wildman–Crippen LogP) is 1.10. The van der Waals surface area contributed by atoms with E-state index in [0.717, 1.165) is 11.0 Å². The van der Waals surface area contributed by atoms with Crippen molar-refractivity contribution in [2.24, 2.45) is 5.92 Å². The molecule has 25 heavy (non-hydrogen) atoms. The number of piperidine rings is 1. The molecule has 1 spiro atoms. The molecule has 2 fully saturated rings. The number of β-amino-alcohol motifs (C(OH)–C–C–N with tert-alkyl or cyclic N) is 1. The summed E-state index contributed by atoms with van der Waals surface area (Å²) in [6, 6.07) is -0.270.